The van der Waals surface area contributed by atoms with E-state index in [1.807, 2.05) is 36.7 Å². The van der Waals surface area contributed by atoms with Crippen LogP contribution < -0.4 is 5.73 Å². The van der Waals surface area contributed by atoms with Crippen LogP contribution in [0.3, 0.4) is 0 Å². The number of nitrogens with two attached hydrogens (primary N) is 1. The number of aromatic nitrogens is 2. The van der Waals surface area contributed by atoms with Gasteiger partial charge in [0.05, 0.1) is 0 Å². The highest BCUT2D eigenvalue weighted by Crippen LogP contribution is 2.20. The fraction of sp³-hybridized carbons (Fsp3) is 0.167. The number of rotatable bonds is 3. The van der Waals surface area contributed by atoms with E-state index >= 15 is 0 Å². The van der Waals surface area contributed by atoms with E-state index in [0.717, 1.165) is 27.8 Å². The van der Waals surface area contributed by atoms with Crippen LogP contribution in [0.2, 0.25) is 0 Å². The minimum atomic E-state index is 0.581. The third-order valence-corrected chi connectivity index (χ3v) is 2.78. The summed E-state index contributed by atoms with van der Waals surface area (Å²) in [5, 5.41) is 0. The maximum Gasteiger partial charge on any atom is 0.129 e. The predicted octanol–water partition coefficient (Wildman–Crippen LogP) is 2.41. The molecule has 0 atom stereocenters. The monoisotopic (exact) mass is 277 g/mol. The highest BCUT2D eigenvalue weighted by molar-refractivity contribution is 9.10. The van der Waals surface area contributed by atoms with Gasteiger partial charge in [-0.05, 0) is 24.2 Å². The molecule has 0 aliphatic heterocycles. The summed E-state index contributed by atoms with van der Waals surface area (Å²) in [5.74, 6) is 0.795. The average Bonchev–Trinajstić information content (AvgIpc) is 2.32. The van der Waals surface area contributed by atoms with Crippen LogP contribution in [0.5, 0.6) is 0 Å². The molecule has 0 bridgehead atoms. The van der Waals surface area contributed by atoms with Crippen molar-refractivity contribution in [1.82, 2.24) is 9.97 Å². The summed E-state index contributed by atoms with van der Waals surface area (Å²) in [6.45, 7) is 0.581. The smallest absolute Gasteiger partial charge is 0.129 e. The molecule has 0 saturated heterocycles. The summed E-state index contributed by atoms with van der Waals surface area (Å²) in [6, 6.07) is 8.07. The second kappa shape index (κ2) is 5.18. The van der Waals surface area contributed by atoms with E-state index < -0.39 is 0 Å². The fourth-order valence-electron chi connectivity index (χ4n) is 1.40. The minimum absolute atomic E-state index is 0.581. The van der Waals surface area contributed by atoms with Crippen LogP contribution in [0.15, 0.2) is 41.1 Å². The highest BCUT2D eigenvalue weighted by Gasteiger charge is 1.99. The lowest BCUT2D eigenvalue weighted by Crippen LogP contribution is -2.06. The van der Waals surface area contributed by atoms with Gasteiger partial charge < -0.3 is 5.73 Å². The molecule has 0 aliphatic rings. The molecule has 0 unspecified atom stereocenters. The first-order valence-corrected chi connectivity index (χ1v) is 5.86. The molecule has 4 heteroatoms. The van der Waals surface area contributed by atoms with Gasteiger partial charge in [-0.3, -0.25) is 0 Å². The van der Waals surface area contributed by atoms with Crippen molar-refractivity contribution in [1.29, 1.82) is 0 Å². The molecule has 3 nitrogen and oxygen atoms in total. The lowest BCUT2D eigenvalue weighted by Gasteiger charge is -2.02. The van der Waals surface area contributed by atoms with Crippen molar-refractivity contribution in [2.75, 3.05) is 6.54 Å². The largest absolute Gasteiger partial charge is 0.330 e. The summed E-state index contributed by atoms with van der Waals surface area (Å²) in [6.07, 6.45) is 4.39. The number of halogens is 1. The van der Waals surface area contributed by atoms with Crippen LogP contribution in [-0.2, 0) is 6.42 Å². The van der Waals surface area contributed by atoms with Crippen molar-refractivity contribution in [2.45, 2.75) is 6.42 Å². The van der Waals surface area contributed by atoms with Crippen molar-refractivity contribution in [3.8, 4) is 11.1 Å². The molecule has 2 rings (SSSR count). The van der Waals surface area contributed by atoms with Crippen molar-refractivity contribution in [3.63, 3.8) is 0 Å². The van der Waals surface area contributed by atoms with Crippen LogP contribution in [0.25, 0.3) is 11.1 Å². The molecule has 2 N–H and O–H groups in total. The molecule has 82 valence electrons. The predicted molar refractivity (Wildman–Crippen MR) is 67.9 cm³/mol. The van der Waals surface area contributed by atoms with Gasteiger partial charge in [0.15, 0.2) is 0 Å². The maximum atomic E-state index is 5.44. The summed E-state index contributed by atoms with van der Waals surface area (Å²) in [5.41, 5.74) is 7.58. The molecular weight excluding hydrogens is 266 g/mol. The zero-order chi connectivity index (χ0) is 11.4. The van der Waals surface area contributed by atoms with Crippen LogP contribution in [0.1, 0.15) is 5.82 Å². The van der Waals surface area contributed by atoms with Gasteiger partial charge >= 0.3 is 0 Å². The second-order valence-corrected chi connectivity index (χ2v) is 4.35. The molecule has 0 saturated carbocycles. The number of hydrogen-bond acceptors (Lipinski definition) is 3. The Labute approximate surface area is 103 Å². The molecule has 1 aromatic heterocycles. The van der Waals surface area contributed by atoms with Crippen molar-refractivity contribution < 1.29 is 0 Å². The molecule has 2 aromatic rings. The molecule has 0 spiro atoms. The van der Waals surface area contributed by atoms with E-state index in [9.17, 15) is 0 Å². The minimum Gasteiger partial charge on any atom is -0.330 e. The van der Waals surface area contributed by atoms with Gasteiger partial charge in [0.1, 0.15) is 5.82 Å². The average molecular weight is 278 g/mol. The van der Waals surface area contributed by atoms with Crippen LogP contribution >= 0.6 is 15.9 Å². The van der Waals surface area contributed by atoms with Crippen molar-refractivity contribution in [3.05, 3.63) is 47.0 Å². The second-order valence-electron chi connectivity index (χ2n) is 3.43. The van der Waals surface area contributed by atoms with E-state index in [1.54, 1.807) is 0 Å². The third kappa shape index (κ3) is 2.65. The van der Waals surface area contributed by atoms with Gasteiger partial charge in [-0.15, -0.1) is 0 Å². The van der Waals surface area contributed by atoms with Gasteiger partial charge in [-0.25, -0.2) is 9.97 Å². The van der Waals surface area contributed by atoms with Gasteiger partial charge in [0.25, 0.3) is 0 Å². The quantitative estimate of drug-likeness (QED) is 0.938. The topological polar surface area (TPSA) is 51.8 Å². The zero-order valence-corrected chi connectivity index (χ0v) is 10.3. The van der Waals surface area contributed by atoms with Gasteiger partial charge in [0, 0.05) is 28.9 Å². The standard InChI is InChI=1S/C12H12BrN3/c13-11-3-1-9(2-4-11)10-7-15-12(5-6-14)16-8-10/h1-4,7-8H,5-6,14H2. The lowest BCUT2D eigenvalue weighted by molar-refractivity contribution is 0.868. The Morgan fingerprint density at radius 2 is 1.62 bits per heavy atom. The summed E-state index contributed by atoms with van der Waals surface area (Å²) >= 11 is 3.41. The third-order valence-electron chi connectivity index (χ3n) is 2.25. The van der Waals surface area contributed by atoms with E-state index in [2.05, 4.69) is 25.9 Å². The summed E-state index contributed by atoms with van der Waals surface area (Å²) in [4.78, 5) is 8.53. The van der Waals surface area contributed by atoms with E-state index in [0.29, 0.717) is 6.54 Å². The SMILES string of the molecule is NCCc1ncc(-c2ccc(Br)cc2)cn1. The Morgan fingerprint density at radius 1 is 1.00 bits per heavy atom. The van der Waals surface area contributed by atoms with Gasteiger partial charge in [0.2, 0.25) is 0 Å². The molecular formula is C12H12BrN3. The first kappa shape index (κ1) is 11.2. The Bertz CT molecular complexity index is 451. The number of nitrogens with zero attached hydrogens (tertiary/aromatic N) is 2. The Hall–Kier alpha value is -1.26. The van der Waals surface area contributed by atoms with Crippen molar-refractivity contribution in [2.24, 2.45) is 5.73 Å². The van der Waals surface area contributed by atoms with Gasteiger partial charge in [-0.2, -0.15) is 0 Å². The zero-order valence-electron chi connectivity index (χ0n) is 8.73. The molecule has 0 aliphatic carbocycles. The molecule has 0 fully saturated rings. The van der Waals surface area contributed by atoms with Crippen molar-refractivity contribution >= 4 is 15.9 Å². The lowest BCUT2D eigenvalue weighted by atomic mass is 10.1. The first-order chi connectivity index (χ1) is 7.79. The van der Waals surface area contributed by atoms with Crippen LogP contribution in [0, 0.1) is 0 Å². The molecule has 16 heavy (non-hydrogen) atoms. The molecule has 1 heterocycles. The Balaban J connectivity index is 2.24. The van der Waals surface area contributed by atoms with Crippen LogP contribution in [0.4, 0.5) is 0 Å². The van der Waals surface area contributed by atoms with E-state index in [1.165, 1.54) is 0 Å². The summed E-state index contributed by atoms with van der Waals surface area (Å²) in [7, 11) is 0. The molecule has 1 aromatic carbocycles. The highest BCUT2D eigenvalue weighted by atomic mass is 79.9. The summed E-state index contributed by atoms with van der Waals surface area (Å²) < 4.78 is 1.07. The van der Waals surface area contributed by atoms with E-state index in [-0.39, 0.29) is 0 Å². The first-order valence-electron chi connectivity index (χ1n) is 5.06. The van der Waals surface area contributed by atoms with E-state index in [4.69, 9.17) is 5.73 Å². The van der Waals surface area contributed by atoms with Gasteiger partial charge in [-0.1, -0.05) is 28.1 Å². The molecule has 0 amide bonds. The maximum absolute atomic E-state index is 5.44. The fourth-order valence-corrected chi connectivity index (χ4v) is 1.67. The number of benzene rings is 1. The Morgan fingerprint density at radius 3 is 2.19 bits per heavy atom. The van der Waals surface area contributed by atoms with Crippen LogP contribution in [-0.4, -0.2) is 16.5 Å². The Kier molecular flexibility index (Phi) is 3.64. The number of hydrogen-bond donors (Lipinski definition) is 1. The molecule has 0 radical (unpaired) electrons. The normalized spacial score (nSPS) is 10.4.